The van der Waals surface area contributed by atoms with Crippen LogP contribution in [0.2, 0.25) is 0 Å². The molecule has 2 bridgehead atoms. The van der Waals surface area contributed by atoms with Crippen LogP contribution in [0.15, 0.2) is 46.2 Å². The number of azo groups is 1. The van der Waals surface area contributed by atoms with Crippen molar-refractivity contribution < 1.29 is 22.0 Å². The molecule has 4 unspecified atom stereocenters. The number of nitrogens with zero attached hydrogens (tertiary/aromatic N) is 3. The Hall–Kier alpha value is -2.42. The van der Waals surface area contributed by atoms with E-state index in [0.29, 0.717) is 19.5 Å². The third-order valence-corrected chi connectivity index (χ3v) is 9.57. The molecule has 1 saturated heterocycles. The molecule has 2 fully saturated rings. The number of hydrogen-bond acceptors (Lipinski definition) is 5. The third-order valence-electron chi connectivity index (χ3n) is 7.80. The van der Waals surface area contributed by atoms with Gasteiger partial charge in [0.2, 0.25) is 5.91 Å². The smallest absolute Gasteiger partial charge is 0.226 e. The minimum atomic E-state index is -3.14. The highest BCUT2D eigenvalue weighted by Gasteiger charge is 2.52. The minimum Gasteiger partial charge on any atom is -0.342 e. The van der Waals surface area contributed by atoms with Crippen molar-refractivity contribution in [2.75, 3.05) is 31.6 Å². The molecule has 4 rings (SSSR count). The van der Waals surface area contributed by atoms with Gasteiger partial charge in [-0.2, -0.15) is 10.2 Å². The molecule has 34 heavy (non-hydrogen) atoms. The van der Waals surface area contributed by atoms with Gasteiger partial charge in [0.15, 0.2) is 9.84 Å². The van der Waals surface area contributed by atoms with Crippen LogP contribution >= 0.6 is 0 Å². The molecular formula is C25H31F2N3O3S. The first kappa shape index (κ1) is 24.7. The van der Waals surface area contributed by atoms with E-state index in [9.17, 15) is 22.0 Å². The van der Waals surface area contributed by atoms with Gasteiger partial charge in [-0.05, 0) is 61.8 Å². The van der Waals surface area contributed by atoms with Crippen molar-refractivity contribution in [2.45, 2.75) is 33.1 Å². The van der Waals surface area contributed by atoms with Crippen molar-refractivity contribution in [3.8, 4) is 0 Å². The molecule has 184 valence electrons. The second-order valence-corrected chi connectivity index (χ2v) is 11.9. The number of carbonyl (C=O) groups excluding carboxylic acids is 1. The van der Waals surface area contributed by atoms with Crippen LogP contribution in [0.3, 0.4) is 0 Å². The zero-order chi connectivity index (χ0) is 24.7. The Morgan fingerprint density at radius 1 is 1.26 bits per heavy atom. The van der Waals surface area contributed by atoms with E-state index in [1.807, 2.05) is 6.92 Å². The van der Waals surface area contributed by atoms with Crippen LogP contribution < -0.4 is 0 Å². The van der Waals surface area contributed by atoms with E-state index in [1.54, 1.807) is 11.0 Å². The Bertz CT molecular complexity index is 1160. The molecule has 3 aliphatic rings. The average molecular weight is 492 g/mol. The summed E-state index contributed by atoms with van der Waals surface area (Å²) in [6.07, 6.45) is 6.05. The van der Waals surface area contributed by atoms with Crippen LogP contribution in [0, 0.1) is 34.8 Å². The first-order chi connectivity index (χ1) is 16.1. The van der Waals surface area contributed by atoms with Gasteiger partial charge in [-0.15, -0.1) is 0 Å². The van der Waals surface area contributed by atoms with Crippen LogP contribution in [-0.2, 0) is 14.6 Å². The predicted molar refractivity (Wildman–Crippen MR) is 127 cm³/mol. The highest BCUT2D eigenvalue weighted by Crippen LogP contribution is 2.58. The second kappa shape index (κ2) is 9.32. The van der Waals surface area contributed by atoms with E-state index in [1.165, 1.54) is 25.2 Å². The van der Waals surface area contributed by atoms with Gasteiger partial charge in [-0.1, -0.05) is 19.1 Å². The lowest BCUT2D eigenvalue weighted by Crippen LogP contribution is -2.44. The molecule has 1 aromatic carbocycles. The van der Waals surface area contributed by atoms with Gasteiger partial charge in [-0.25, -0.2) is 17.2 Å². The molecule has 0 aromatic heterocycles. The summed E-state index contributed by atoms with van der Waals surface area (Å²) in [7, 11) is -1.68. The normalized spacial score (nSPS) is 30.2. The summed E-state index contributed by atoms with van der Waals surface area (Å²) in [5.41, 5.74) is 0.628. The van der Waals surface area contributed by atoms with Crippen molar-refractivity contribution in [1.82, 2.24) is 4.90 Å². The second-order valence-electron chi connectivity index (χ2n) is 9.69. The zero-order valence-corrected chi connectivity index (χ0v) is 20.6. The highest BCUT2D eigenvalue weighted by atomic mass is 32.2. The maximum atomic E-state index is 14.5. The summed E-state index contributed by atoms with van der Waals surface area (Å²) >= 11 is 0. The van der Waals surface area contributed by atoms with Crippen molar-refractivity contribution in [3.63, 3.8) is 0 Å². The number of halogens is 2. The molecule has 2 aliphatic carbocycles. The predicted octanol–water partition coefficient (Wildman–Crippen LogP) is 4.64. The summed E-state index contributed by atoms with van der Waals surface area (Å²) in [5.74, 6) is -1.54. The van der Waals surface area contributed by atoms with Gasteiger partial charge in [0.05, 0.1) is 28.7 Å². The summed E-state index contributed by atoms with van der Waals surface area (Å²) < 4.78 is 52.7. The molecule has 0 radical (unpaired) electrons. The maximum Gasteiger partial charge on any atom is 0.226 e. The average Bonchev–Trinajstić information content (AvgIpc) is 3.39. The fourth-order valence-corrected chi connectivity index (χ4v) is 7.66. The monoisotopic (exact) mass is 491 g/mol. The van der Waals surface area contributed by atoms with E-state index in [-0.39, 0.29) is 45.9 Å². The number of allylic oxidation sites excluding steroid dienone is 2. The third kappa shape index (κ3) is 4.46. The molecule has 1 amide bonds. The lowest BCUT2D eigenvalue weighted by Gasteiger charge is -2.35. The van der Waals surface area contributed by atoms with Crippen LogP contribution in [-0.4, -0.2) is 50.9 Å². The Balaban J connectivity index is 1.64. The van der Waals surface area contributed by atoms with E-state index in [4.69, 9.17) is 0 Å². The number of benzene rings is 1. The Morgan fingerprint density at radius 3 is 2.56 bits per heavy atom. The summed E-state index contributed by atoms with van der Waals surface area (Å²) in [6.45, 7) is 5.07. The molecule has 1 heterocycles. The molecule has 0 N–H and O–H groups in total. The van der Waals surface area contributed by atoms with Crippen molar-refractivity contribution >= 4 is 21.4 Å². The van der Waals surface area contributed by atoms with Gasteiger partial charge >= 0.3 is 0 Å². The first-order valence-corrected chi connectivity index (χ1v) is 13.6. The Kier molecular flexibility index (Phi) is 6.77. The fraction of sp³-hybridized carbons (Fsp3) is 0.560. The maximum absolute atomic E-state index is 14.5. The molecule has 1 aliphatic heterocycles. The molecule has 1 saturated carbocycles. The Morgan fingerprint density at radius 2 is 1.97 bits per heavy atom. The summed E-state index contributed by atoms with van der Waals surface area (Å²) in [6, 6.07) is 3.71. The number of rotatable bonds is 7. The summed E-state index contributed by atoms with van der Waals surface area (Å²) in [4.78, 5) is 14.9. The topological polar surface area (TPSA) is 79.2 Å². The van der Waals surface area contributed by atoms with Crippen molar-refractivity contribution in [3.05, 3.63) is 53.1 Å². The van der Waals surface area contributed by atoms with Crippen molar-refractivity contribution in [2.24, 2.45) is 33.4 Å². The number of fused-ring (bicyclic) bond motifs is 2. The molecule has 1 aromatic rings. The molecular weight excluding hydrogens is 460 g/mol. The molecule has 6 nitrogen and oxygen atoms in total. The SMILES string of the molecule is CCN(CC12C=C(/C=C(\N=NC)c3c(F)cccc3F)C(CC1)C2C)C(=O)C1CCS(=O)(=O)C1. The number of sulfone groups is 1. The highest BCUT2D eigenvalue weighted by molar-refractivity contribution is 7.91. The van der Waals surface area contributed by atoms with Gasteiger partial charge in [-0.3, -0.25) is 4.79 Å². The standard InChI is InChI=1S/C25H31F2N3O3S/c1-4-30(24(31)17-9-11-34(32,33)14-17)15-25-10-8-19(16(25)2)18(13-25)12-22(29-28-3)23-20(26)6-5-7-21(23)27/h5-7,12-13,16-17,19H,4,8-11,14-15H2,1-3H3/b22-12-,29-28?. The molecule has 9 heteroatoms. The van der Waals surface area contributed by atoms with Crippen LogP contribution in [0.1, 0.15) is 38.7 Å². The number of hydrogen-bond donors (Lipinski definition) is 0. The van der Waals surface area contributed by atoms with Crippen molar-refractivity contribution in [1.29, 1.82) is 0 Å². The van der Waals surface area contributed by atoms with E-state index in [0.717, 1.165) is 18.4 Å². The van der Waals surface area contributed by atoms with Crippen LogP contribution in [0.5, 0.6) is 0 Å². The van der Waals surface area contributed by atoms with Gasteiger partial charge in [0.1, 0.15) is 11.6 Å². The minimum absolute atomic E-state index is 0.0702. The molecule has 4 atom stereocenters. The lowest BCUT2D eigenvalue weighted by atomic mass is 9.80. The Labute approximate surface area is 199 Å². The van der Waals surface area contributed by atoms with Gasteiger partial charge in [0.25, 0.3) is 0 Å². The summed E-state index contributed by atoms with van der Waals surface area (Å²) in [5, 5.41) is 7.80. The fourth-order valence-electron chi connectivity index (χ4n) is 5.93. The quantitative estimate of drug-likeness (QED) is 0.521. The first-order valence-electron chi connectivity index (χ1n) is 11.8. The van der Waals surface area contributed by atoms with E-state index in [2.05, 4.69) is 23.2 Å². The largest absolute Gasteiger partial charge is 0.342 e. The van der Waals surface area contributed by atoms with E-state index >= 15 is 0 Å². The van der Waals surface area contributed by atoms with Gasteiger partial charge < -0.3 is 4.90 Å². The van der Waals surface area contributed by atoms with Gasteiger partial charge in [0, 0.05) is 25.6 Å². The lowest BCUT2D eigenvalue weighted by molar-refractivity contribution is -0.136. The van der Waals surface area contributed by atoms with Crippen LogP contribution in [0.4, 0.5) is 8.78 Å². The molecule has 0 spiro atoms. The van der Waals surface area contributed by atoms with Crippen LogP contribution in [0.25, 0.3) is 5.70 Å². The number of amides is 1. The number of carbonyl (C=O) groups is 1. The van der Waals surface area contributed by atoms with E-state index < -0.39 is 27.4 Å². The zero-order valence-electron chi connectivity index (χ0n) is 19.8.